The molecule has 3 aromatic rings. The number of hydrogen-bond donors (Lipinski definition) is 1. The first kappa shape index (κ1) is 12.9. The molecular weight excluding hydrogens is 284 g/mol. The predicted octanol–water partition coefficient (Wildman–Crippen LogP) is 3.34. The van der Waals surface area contributed by atoms with Gasteiger partial charge in [0.2, 0.25) is 11.7 Å². The minimum Gasteiger partial charge on any atom is -0.337 e. The van der Waals surface area contributed by atoms with E-state index in [1.807, 2.05) is 11.4 Å². The van der Waals surface area contributed by atoms with Crippen molar-refractivity contribution in [3.63, 3.8) is 0 Å². The summed E-state index contributed by atoms with van der Waals surface area (Å²) in [4.78, 5) is 9.02. The van der Waals surface area contributed by atoms with Crippen LogP contribution in [0.3, 0.4) is 0 Å². The van der Waals surface area contributed by atoms with Crippen LogP contribution in [0.1, 0.15) is 32.1 Å². The van der Waals surface area contributed by atoms with Crippen LogP contribution in [-0.4, -0.2) is 21.7 Å². The van der Waals surface area contributed by atoms with Crippen LogP contribution in [-0.2, 0) is 5.54 Å². The fourth-order valence-corrected chi connectivity index (χ4v) is 3.55. The number of thiophene rings is 1. The van der Waals surface area contributed by atoms with Crippen molar-refractivity contribution in [1.29, 1.82) is 0 Å². The van der Waals surface area contributed by atoms with E-state index in [9.17, 15) is 0 Å². The molecule has 0 radical (unpaired) electrons. The van der Waals surface area contributed by atoms with Crippen molar-refractivity contribution in [2.24, 2.45) is 0 Å². The first-order chi connectivity index (χ1) is 10.2. The molecule has 0 aliphatic carbocycles. The van der Waals surface area contributed by atoms with Gasteiger partial charge in [-0.3, -0.25) is 4.98 Å². The highest BCUT2D eigenvalue weighted by molar-refractivity contribution is 7.17. The van der Waals surface area contributed by atoms with E-state index in [1.165, 1.54) is 12.8 Å². The summed E-state index contributed by atoms with van der Waals surface area (Å²) in [5.74, 6) is 1.28. The Kier molecular flexibility index (Phi) is 3.01. The van der Waals surface area contributed by atoms with Gasteiger partial charge in [-0.1, -0.05) is 5.16 Å². The Morgan fingerprint density at radius 3 is 3.19 bits per heavy atom. The van der Waals surface area contributed by atoms with Crippen LogP contribution in [0.15, 0.2) is 28.2 Å². The second-order valence-corrected chi connectivity index (χ2v) is 6.61. The third-order valence-corrected chi connectivity index (χ3v) is 4.93. The summed E-state index contributed by atoms with van der Waals surface area (Å²) in [5.41, 5.74) is 1.71. The quantitative estimate of drug-likeness (QED) is 0.786. The molecule has 3 aromatic heterocycles. The third kappa shape index (κ3) is 2.24. The Balaban J connectivity index is 1.70. The second kappa shape index (κ2) is 4.89. The molecule has 1 saturated heterocycles. The summed E-state index contributed by atoms with van der Waals surface area (Å²) in [6.07, 6.45) is 5.22. The van der Waals surface area contributed by atoms with E-state index in [0.29, 0.717) is 11.7 Å². The first-order valence-corrected chi connectivity index (χ1v) is 8.05. The van der Waals surface area contributed by atoms with Crippen LogP contribution in [0.4, 0.5) is 0 Å². The number of fused-ring (bicyclic) bond motifs is 1. The summed E-state index contributed by atoms with van der Waals surface area (Å²) in [6.45, 7) is 3.13. The van der Waals surface area contributed by atoms with Crippen LogP contribution < -0.4 is 5.32 Å². The molecule has 21 heavy (non-hydrogen) atoms. The van der Waals surface area contributed by atoms with Gasteiger partial charge in [0.15, 0.2) is 0 Å². The Hall–Kier alpha value is -1.79. The lowest BCUT2D eigenvalue weighted by Gasteiger charge is -2.31. The molecule has 1 atom stereocenters. The fraction of sp³-hybridized carbons (Fsp3) is 0.400. The third-order valence-electron chi connectivity index (χ3n) is 4.08. The van der Waals surface area contributed by atoms with Crippen LogP contribution in [0.2, 0.25) is 0 Å². The van der Waals surface area contributed by atoms with Crippen molar-refractivity contribution in [2.45, 2.75) is 31.7 Å². The molecule has 0 bridgehead atoms. The van der Waals surface area contributed by atoms with Crippen molar-refractivity contribution in [3.05, 3.63) is 29.6 Å². The molecule has 1 N–H and O–H groups in total. The van der Waals surface area contributed by atoms with Gasteiger partial charge in [0.1, 0.15) is 0 Å². The summed E-state index contributed by atoms with van der Waals surface area (Å²) in [5, 5.41) is 9.67. The van der Waals surface area contributed by atoms with Gasteiger partial charge in [-0.15, -0.1) is 11.3 Å². The highest BCUT2D eigenvalue weighted by Crippen LogP contribution is 2.30. The highest BCUT2D eigenvalue weighted by atomic mass is 32.1. The fourth-order valence-electron chi connectivity index (χ4n) is 2.77. The van der Waals surface area contributed by atoms with Gasteiger partial charge in [0.05, 0.1) is 15.8 Å². The van der Waals surface area contributed by atoms with Crippen molar-refractivity contribution in [3.8, 4) is 11.4 Å². The summed E-state index contributed by atoms with van der Waals surface area (Å²) in [6, 6.07) is 4.08. The van der Waals surface area contributed by atoms with E-state index in [4.69, 9.17) is 4.52 Å². The zero-order valence-electron chi connectivity index (χ0n) is 11.8. The van der Waals surface area contributed by atoms with Crippen LogP contribution >= 0.6 is 11.3 Å². The molecule has 1 aliphatic heterocycles. The minimum atomic E-state index is -0.204. The maximum absolute atomic E-state index is 5.51. The Bertz CT molecular complexity index is 773. The van der Waals surface area contributed by atoms with Crippen molar-refractivity contribution < 1.29 is 4.52 Å². The number of rotatable bonds is 2. The average molecular weight is 300 g/mol. The van der Waals surface area contributed by atoms with Crippen molar-refractivity contribution in [2.75, 3.05) is 6.54 Å². The van der Waals surface area contributed by atoms with E-state index in [-0.39, 0.29) is 5.54 Å². The monoisotopic (exact) mass is 300 g/mol. The van der Waals surface area contributed by atoms with Gasteiger partial charge in [-0.25, -0.2) is 0 Å². The Labute approximate surface area is 126 Å². The Morgan fingerprint density at radius 2 is 2.33 bits per heavy atom. The van der Waals surface area contributed by atoms with Crippen molar-refractivity contribution in [1.82, 2.24) is 20.4 Å². The number of nitrogens with one attached hydrogen (secondary N) is 1. The average Bonchev–Trinajstić information content (AvgIpc) is 3.17. The standard InChI is InChI=1S/C15H16N4OS/c1-15(5-2-3-6-17-15)14-18-13(19-20-14)10-8-12-11(16-9-10)4-7-21-12/h4,7-9,17H,2-3,5-6H2,1H3. The molecule has 4 rings (SSSR count). The summed E-state index contributed by atoms with van der Waals surface area (Å²) in [7, 11) is 0. The maximum Gasteiger partial charge on any atom is 0.246 e. The maximum atomic E-state index is 5.51. The topological polar surface area (TPSA) is 63.8 Å². The first-order valence-electron chi connectivity index (χ1n) is 7.17. The van der Waals surface area contributed by atoms with Crippen LogP contribution in [0, 0.1) is 0 Å². The van der Waals surface area contributed by atoms with Gasteiger partial charge in [-0.2, -0.15) is 4.98 Å². The largest absolute Gasteiger partial charge is 0.337 e. The summed E-state index contributed by atoms with van der Waals surface area (Å²) >= 11 is 1.67. The van der Waals surface area contributed by atoms with Gasteiger partial charge in [0, 0.05) is 11.8 Å². The van der Waals surface area contributed by atoms with Gasteiger partial charge in [0.25, 0.3) is 0 Å². The predicted molar refractivity (Wildman–Crippen MR) is 82.1 cm³/mol. The normalized spacial score (nSPS) is 22.7. The van der Waals surface area contributed by atoms with Crippen molar-refractivity contribution >= 4 is 21.6 Å². The molecule has 0 aromatic carbocycles. The van der Waals surface area contributed by atoms with E-state index >= 15 is 0 Å². The number of nitrogens with zero attached hydrogens (tertiary/aromatic N) is 3. The molecule has 4 heterocycles. The second-order valence-electron chi connectivity index (χ2n) is 5.67. The molecule has 0 amide bonds. The van der Waals surface area contributed by atoms with Gasteiger partial charge < -0.3 is 9.84 Å². The molecule has 1 unspecified atom stereocenters. The number of aromatic nitrogens is 3. The molecular formula is C15H16N4OS. The van der Waals surface area contributed by atoms with Gasteiger partial charge >= 0.3 is 0 Å². The van der Waals surface area contributed by atoms with Crippen LogP contribution in [0.25, 0.3) is 21.6 Å². The molecule has 108 valence electrons. The molecule has 0 saturated carbocycles. The molecule has 1 aliphatic rings. The molecule has 1 fully saturated rings. The molecule has 0 spiro atoms. The van der Waals surface area contributed by atoms with Gasteiger partial charge in [-0.05, 0) is 50.2 Å². The summed E-state index contributed by atoms with van der Waals surface area (Å²) < 4.78 is 6.65. The minimum absolute atomic E-state index is 0.204. The number of piperidine rings is 1. The van der Waals surface area contributed by atoms with E-state index in [1.54, 1.807) is 17.5 Å². The molecule has 6 heteroatoms. The Morgan fingerprint density at radius 1 is 1.38 bits per heavy atom. The number of hydrogen-bond acceptors (Lipinski definition) is 6. The lowest BCUT2D eigenvalue weighted by molar-refractivity contribution is 0.207. The SMILES string of the molecule is CC1(c2nc(-c3cnc4ccsc4c3)no2)CCCCN1. The zero-order chi connectivity index (χ0) is 14.3. The van der Waals surface area contributed by atoms with E-state index in [0.717, 1.165) is 28.7 Å². The smallest absolute Gasteiger partial charge is 0.246 e. The zero-order valence-corrected chi connectivity index (χ0v) is 12.6. The van der Waals surface area contributed by atoms with E-state index < -0.39 is 0 Å². The lowest BCUT2D eigenvalue weighted by atomic mass is 9.91. The lowest BCUT2D eigenvalue weighted by Crippen LogP contribution is -2.43. The number of pyridine rings is 1. The van der Waals surface area contributed by atoms with E-state index in [2.05, 4.69) is 33.4 Å². The highest BCUT2D eigenvalue weighted by Gasteiger charge is 2.34. The van der Waals surface area contributed by atoms with Crippen LogP contribution in [0.5, 0.6) is 0 Å². The molecule has 5 nitrogen and oxygen atoms in total.